The Labute approximate surface area is 157 Å². The molecule has 3 aromatic rings. The van der Waals surface area contributed by atoms with Gasteiger partial charge in [0, 0.05) is 18.4 Å². The van der Waals surface area contributed by atoms with Gasteiger partial charge in [-0.05, 0) is 55.2 Å². The van der Waals surface area contributed by atoms with E-state index in [4.69, 9.17) is 0 Å². The maximum absolute atomic E-state index is 12.7. The van der Waals surface area contributed by atoms with E-state index < -0.39 is 5.91 Å². The van der Waals surface area contributed by atoms with Crippen LogP contribution < -0.4 is 10.9 Å². The Morgan fingerprint density at radius 2 is 1.93 bits per heavy atom. The fourth-order valence-corrected chi connectivity index (χ4v) is 2.75. The molecule has 1 N–H and O–H groups in total. The van der Waals surface area contributed by atoms with Crippen molar-refractivity contribution in [1.29, 1.82) is 0 Å². The van der Waals surface area contributed by atoms with E-state index in [2.05, 4.69) is 29.2 Å². The van der Waals surface area contributed by atoms with Gasteiger partial charge in [-0.3, -0.25) is 9.59 Å². The number of hydrogen-bond acceptors (Lipinski definition) is 4. The van der Waals surface area contributed by atoms with Gasteiger partial charge in [-0.25, -0.2) is 9.67 Å². The molecule has 7 nitrogen and oxygen atoms in total. The summed E-state index contributed by atoms with van der Waals surface area (Å²) < 4.78 is 3.23. The lowest BCUT2D eigenvalue weighted by Crippen LogP contribution is -2.30. The van der Waals surface area contributed by atoms with Crippen LogP contribution in [0.25, 0.3) is 5.69 Å². The Kier molecular flexibility index (Phi) is 5.49. The highest BCUT2D eigenvalue weighted by Crippen LogP contribution is 2.14. The maximum Gasteiger partial charge on any atom is 0.263 e. The van der Waals surface area contributed by atoms with Crippen molar-refractivity contribution >= 4 is 11.6 Å². The Balaban J connectivity index is 1.79. The molecule has 0 atom stereocenters. The number of rotatable bonds is 6. The summed E-state index contributed by atoms with van der Waals surface area (Å²) in [5.41, 5.74) is 2.03. The van der Waals surface area contributed by atoms with E-state index in [9.17, 15) is 9.59 Å². The van der Waals surface area contributed by atoms with Crippen molar-refractivity contribution in [2.45, 2.75) is 33.7 Å². The molecular formula is C20H23N5O2. The molecule has 0 unspecified atom stereocenters. The van der Waals surface area contributed by atoms with Gasteiger partial charge in [0.2, 0.25) is 0 Å². The van der Waals surface area contributed by atoms with Crippen molar-refractivity contribution < 1.29 is 4.79 Å². The number of hydrogen-bond donors (Lipinski definition) is 1. The third-order valence-corrected chi connectivity index (χ3v) is 4.36. The first-order valence-corrected chi connectivity index (χ1v) is 8.92. The summed E-state index contributed by atoms with van der Waals surface area (Å²) in [4.78, 5) is 29.3. The van der Waals surface area contributed by atoms with Crippen LogP contribution in [-0.4, -0.2) is 25.2 Å². The normalized spacial score (nSPS) is 11.0. The van der Waals surface area contributed by atoms with E-state index in [1.54, 1.807) is 40.8 Å². The van der Waals surface area contributed by atoms with Crippen molar-refractivity contribution in [3.05, 3.63) is 70.7 Å². The highest BCUT2D eigenvalue weighted by atomic mass is 16.2. The lowest BCUT2D eigenvalue weighted by molar-refractivity contribution is 0.102. The fraction of sp³-hybridized carbons (Fsp3) is 0.300. The second kappa shape index (κ2) is 7.99. The summed E-state index contributed by atoms with van der Waals surface area (Å²) in [6, 6.07) is 8.99. The lowest BCUT2D eigenvalue weighted by atomic mass is 10.1. The molecule has 0 spiro atoms. The first-order chi connectivity index (χ1) is 13.0. The van der Waals surface area contributed by atoms with E-state index in [1.807, 2.05) is 18.2 Å². The molecule has 1 aromatic carbocycles. The number of nitrogens with one attached hydrogen (secondary N) is 1. The van der Waals surface area contributed by atoms with Crippen molar-refractivity contribution in [1.82, 2.24) is 19.3 Å². The van der Waals surface area contributed by atoms with Crippen LogP contribution in [0.15, 0.2) is 54.0 Å². The fourth-order valence-electron chi connectivity index (χ4n) is 2.75. The third kappa shape index (κ3) is 4.31. The van der Waals surface area contributed by atoms with Gasteiger partial charge in [-0.15, -0.1) is 0 Å². The number of benzene rings is 1. The molecule has 0 aliphatic carbocycles. The number of anilines is 1. The summed E-state index contributed by atoms with van der Waals surface area (Å²) in [5.74, 6) is 0.0869. The molecule has 0 saturated heterocycles. The summed E-state index contributed by atoms with van der Waals surface area (Å²) >= 11 is 0. The van der Waals surface area contributed by atoms with Crippen LogP contribution in [-0.2, 0) is 6.54 Å². The minimum Gasteiger partial charge on any atom is -0.322 e. The number of pyridine rings is 1. The van der Waals surface area contributed by atoms with Crippen LogP contribution in [0.1, 0.15) is 36.2 Å². The zero-order valence-corrected chi connectivity index (χ0v) is 15.7. The minimum atomic E-state index is -0.398. The van der Waals surface area contributed by atoms with Gasteiger partial charge >= 0.3 is 0 Å². The molecule has 1 amide bonds. The van der Waals surface area contributed by atoms with Crippen molar-refractivity contribution in [2.75, 3.05) is 5.32 Å². The molecular weight excluding hydrogens is 342 g/mol. The molecule has 0 fully saturated rings. The number of aryl methyl sites for hydroxylation is 2. The average Bonchev–Trinajstić information content (AvgIpc) is 3.16. The first-order valence-electron chi connectivity index (χ1n) is 8.92. The molecule has 3 rings (SSSR count). The Morgan fingerprint density at radius 3 is 2.56 bits per heavy atom. The second-order valence-corrected chi connectivity index (χ2v) is 6.90. The second-order valence-electron chi connectivity index (χ2n) is 6.90. The van der Waals surface area contributed by atoms with Gasteiger partial charge < -0.3 is 9.88 Å². The number of nitrogens with zero attached hydrogens (tertiary/aromatic N) is 4. The predicted molar refractivity (Wildman–Crippen MR) is 104 cm³/mol. The standard InChI is InChI=1S/C20H23N5O2/c1-14(2)8-10-24-11-9-15(3)18(20(24)27)19(26)23-16-4-6-17(7-5-16)25-13-21-12-22-25/h4-7,9,11-14H,8,10H2,1-3H3,(H,23,26). The van der Waals surface area contributed by atoms with E-state index in [-0.39, 0.29) is 11.1 Å². The monoisotopic (exact) mass is 365 g/mol. The molecule has 7 heteroatoms. The van der Waals surface area contributed by atoms with E-state index in [0.29, 0.717) is 23.7 Å². The van der Waals surface area contributed by atoms with Gasteiger partial charge in [-0.2, -0.15) is 5.10 Å². The average molecular weight is 365 g/mol. The quantitative estimate of drug-likeness (QED) is 0.728. The van der Waals surface area contributed by atoms with E-state index in [0.717, 1.165) is 12.1 Å². The Morgan fingerprint density at radius 1 is 1.19 bits per heavy atom. The van der Waals surface area contributed by atoms with Gasteiger partial charge in [0.1, 0.15) is 18.2 Å². The van der Waals surface area contributed by atoms with Crippen LogP contribution in [0, 0.1) is 12.8 Å². The van der Waals surface area contributed by atoms with Crippen LogP contribution in [0.5, 0.6) is 0 Å². The van der Waals surface area contributed by atoms with E-state index in [1.165, 1.54) is 6.33 Å². The molecule has 0 bridgehead atoms. The maximum atomic E-state index is 12.7. The van der Waals surface area contributed by atoms with Crippen LogP contribution in [0.3, 0.4) is 0 Å². The van der Waals surface area contributed by atoms with Gasteiger partial charge in [0.25, 0.3) is 11.5 Å². The van der Waals surface area contributed by atoms with Gasteiger partial charge in [-0.1, -0.05) is 13.8 Å². The summed E-state index contributed by atoms with van der Waals surface area (Å²) in [6.07, 6.45) is 5.69. The van der Waals surface area contributed by atoms with Crippen molar-refractivity contribution in [2.24, 2.45) is 5.92 Å². The van der Waals surface area contributed by atoms with Crippen LogP contribution in [0.2, 0.25) is 0 Å². The van der Waals surface area contributed by atoms with Gasteiger partial charge in [0.05, 0.1) is 5.69 Å². The highest BCUT2D eigenvalue weighted by molar-refractivity contribution is 6.05. The lowest BCUT2D eigenvalue weighted by Gasteiger charge is -2.12. The topological polar surface area (TPSA) is 81.8 Å². The van der Waals surface area contributed by atoms with Crippen LogP contribution >= 0.6 is 0 Å². The van der Waals surface area contributed by atoms with Gasteiger partial charge in [0.15, 0.2) is 0 Å². The molecule has 0 aliphatic rings. The smallest absolute Gasteiger partial charge is 0.263 e. The minimum absolute atomic E-state index is 0.182. The summed E-state index contributed by atoms with van der Waals surface area (Å²) in [6.45, 7) is 6.59. The highest BCUT2D eigenvalue weighted by Gasteiger charge is 2.16. The molecule has 2 heterocycles. The third-order valence-electron chi connectivity index (χ3n) is 4.36. The SMILES string of the molecule is Cc1ccn(CCC(C)C)c(=O)c1C(=O)Nc1ccc(-n2cncn2)cc1. The van der Waals surface area contributed by atoms with E-state index >= 15 is 0 Å². The number of aromatic nitrogens is 4. The largest absolute Gasteiger partial charge is 0.322 e. The number of carbonyl (C=O) groups is 1. The molecule has 0 radical (unpaired) electrons. The molecule has 0 saturated carbocycles. The summed E-state index contributed by atoms with van der Waals surface area (Å²) in [5, 5.41) is 6.87. The Bertz CT molecular complexity index is 973. The van der Waals surface area contributed by atoms with Crippen molar-refractivity contribution in [3.8, 4) is 5.69 Å². The molecule has 27 heavy (non-hydrogen) atoms. The number of carbonyl (C=O) groups excluding carboxylic acids is 1. The van der Waals surface area contributed by atoms with Crippen molar-refractivity contribution in [3.63, 3.8) is 0 Å². The molecule has 140 valence electrons. The number of amides is 1. The first kappa shape index (κ1) is 18.6. The zero-order chi connectivity index (χ0) is 19.4. The predicted octanol–water partition coefficient (Wildman–Crippen LogP) is 3.04. The summed E-state index contributed by atoms with van der Waals surface area (Å²) in [7, 11) is 0. The van der Waals surface area contributed by atoms with Crippen LogP contribution in [0.4, 0.5) is 5.69 Å². The molecule has 2 aromatic heterocycles. The Hall–Kier alpha value is -3.22. The molecule has 0 aliphatic heterocycles. The zero-order valence-electron chi connectivity index (χ0n) is 15.7.